The first-order valence-electron chi connectivity index (χ1n) is 9.91. The van der Waals surface area contributed by atoms with E-state index in [1.807, 2.05) is 0 Å². The monoisotopic (exact) mass is 474 g/mol. The van der Waals surface area contributed by atoms with Crippen molar-refractivity contribution in [3.63, 3.8) is 0 Å². The minimum absolute atomic E-state index is 0.145. The zero-order chi connectivity index (χ0) is 19.3. The Balaban J connectivity index is 2.00. The van der Waals surface area contributed by atoms with Crippen LogP contribution >= 0.6 is 17.0 Å². The van der Waals surface area contributed by atoms with E-state index < -0.39 is 15.9 Å². The van der Waals surface area contributed by atoms with Crippen molar-refractivity contribution in [3.05, 3.63) is 81.9 Å². The zero-order valence-corrected chi connectivity index (χ0v) is 20.1. The van der Waals surface area contributed by atoms with Crippen molar-refractivity contribution in [2.45, 2.75) is 40.9 Å². The van der Waals surface area contributed by atoms with E-state index in [1.54, 1.807) is 0 Å². The summed E-state index contributed by atoms with van der Waals surface area (Å²) >= 11 is -4.49. The Hall–Kier alpha value is -0.747. The first-order valence-corrected chi connectivity index (χ1v) is 20.5. The van der Waals surface area contributed by atoms with Crippen molar-refractivity contribution >= 4 is 32.9 Å². The summed E-state index contributed by atoms with van der Waals surface area (Å²) in [6.07, 6.45) is 6.63. The molecule has 0 aromatic heterocycles. The Morgan fingerprint density at radius 1 is 0.778 bits per heavy atom. The molecule has 0 heterocycles. The number of fused-ring (bicyclic) bond motifs is 2. The van der Waals surface area contributed by atoms with Gasteiger partial charge in [-0.25, -0.2) is 0 Å². The Morgan fingerprint density at radius 3 is 1.56 bits per heavy atom. The third-order valence-corrected chi connectivity index (χ3v) is 25.7. The summed E-state index contributed by atoms with van der Waals surface area (Å²) in [7, 11) is 15.7. The Kier molecular flexibility index (Phi) is 5.03. The Labute approximate surface area is 170 Å². The van der Waals surface area contributed by atoms with Crippen LogP contribution in [0.5, 0.6) is 0 Å². The van der Waals surface area contributed by atoms with Gasteiger partial charge in [0, 0.05) is 0 Å². The average molecular weight is 477 g/mol. The van der Waals surface area contributed by atoms with E-state index in [9.17, 15) is 0 Å². The molecule has 0 spiro atoms. The van der Waals surface area contributed by atoms with Crippen LogP contribution in [0.1, 0.15) is 63.1 Å². The second-order valence-corrected chi connectivity index (χ2v) is 29.2. The standard InChI is InChI=1S/2C11H11.C2H4.2ClH.Zr/c2*1-2-9-7-10-5-3-4-6-11(10)8-9;1-2;;;/h2*3-8H,2H2,1H3;1H,2H3;2*1H;/q;;;;;+2/p-2. The van der Waals surface area contributed by atoms with Gasteiger partial charge in [-0.1, -0.05) is 0 Å². The van der Waals surface area contributed by atoms with Gasteiger partial charge in [0.25, 0.3) is 0 Å². The molecule has 0 bridgehead atoms. The molecule has 0 saturated carbocycles. The average Bonchev–Trinajstić information content (AvgIpc) is 3.27. The number of benzene rings is 2. The molecule has 27 heavy (non-hydrogen) atoms. The second kappa shape index (κ2) is 6.94. The number of halogens is 2. The summed E-state index contributed by atoms with van der Waals surface area (Å²) in [5.74, 6) is 0. The van der Waals surface area contributed by atoms with Crippen molar-refractivity contribution in [2.24, 2.45) is 0 Å². The van der Waals surface area contributed by atoms with Crippen LogP contribution in [0, 0.1) is 0 Å². The topological polar surface area (TPSA) is 0 Å². The van der Waals surface area contributed by atoms with Crippen molar-refractivity contribution in [3.8, 4) is 0 Å². The third-order valence-electron chi connectivity index (χ3n) is 6.51. The van der Waals surface area contributed by atoms with Crippen LogP contribution in [0.2, 0.25) is 0 Å². The Morgan fingerprint density at radius 2 is 1.19 bits per heavy atom. The molecule has 2 atom stereocenters. The molecule has 2 aromatic rings. The maximum absolute atomic E-state index is 7.83. The molecule has 0 radical (unpaired) electrons. The predicted octanol–water partition coefficient (Wildman–Crippen LogP) is 7.90. The maximum atomic E-state index is 7.83. The number of hydrogen-bond donors (Lipinski definition) is 0. The van der Waals surface area contributed by atoms with E-state index in [0.29, 0.717) is 0 Å². The zero-order valence-electron chi connectivity index (χ0n) is 16.2. The van der Waals surface area contributed by atoms with Crippen LogP contribution in [0.3, 0.4) is 0 Å². The summed E-state index contributed by atoms with van der Waals surface area (Å²) in [6, 6.07) is 17.3. The third kappa shape index (κ3) is 2.85. The summed E-state index contributed by atoms with van der Waals surface area (Å²) in [6.45, 7) is 6.56. The van der Waals surface area contributed by atoms with Gasteiger partial charge < -0.3 is 0 Å². The first-order chi connectivity index (χ1) is 12.9. The van der Waals surface area contributed by atoms with E-state index >= 15 is 0 Å². The molecule has 140 valence electrons. The van der Waals surface area contributed by atoms with Gasteiger partial charge in [-0.15, -0.1) is 0 Å². The molecule has 0 N–H and O–H groups in total. The van der Waals surface area contributed by atoms with Gasteiger partial charge in [0.15, 0.2) is 0 Å². The fraction of sp³-hybridized carbons (Fsp3) is 0.292. The fourth-order valence-corrected chi connectivity index (χ4v) is 22.9. The molecule has 4 rings (SSSR count). The first kappa shape index (κ1) is 19.6. The van der Waals surface area contributed by atoms with Crippen molar-refractivity contribution < 1.29 is 15.9 Å². The molecular weight excluding hydrogens is 450 g/mol. The summed E-state index contributed by atoms with van der Waals surface area (Å²) in [5.41, 5.74) is 8.01. The van der Waals surface area contributed by atoms with Crippen LogP contribution in [0.4, 0.5) is 0 Å². The Bertz CT molecular complexity index is 960. The van der Waals surface area contributed by atoms with Gasteiger partial charge in [0.2, 0.25) is 0 Å². The van der Waals surface area contributed by atoms with Gasteiger partial charge in [0.05, 0.1) is 0 Å². The summed E-state index contributed by atoms with van der Waals surface area (Å²) in [4.78, 5) is 0. The molecule has 0 aliphatic heterocycles. The molecule has 2 aliphatic carbocycles. The summed E-state index contributed by atoms with van der Waals surface area (Å²) < 4.78 is 2.54. The van der Waals surface area contributed by atoms with E-state index in [4.69, 9.17) is 17.0 Å². The molecule has 2 aromatic carbocycles. The van der Waals surface area contributed by atoms with Crippen LogP contribution < -0.4 is 0 Å². The summed E-state index contributed by atoms with van der Waals surface area (Å²) in [5, 5.41) is 0. The number of allylic oxidation sites excluding steroid dienone is 2. The van der Waals surface area contributed by atoms with E-state index in [0.717, 1.165) is 12.8 Å². The van der Waals surface area contributed by atoms with Crippen LogP contribution in [0.15, 0.2) is 59.7 Å². The van der Waals surface area contributed by atoms with Gasteiger partial charge in [-0.05, 0) is 0 Å². The van der Waals surface area contributed by atoms with Crippen LogP contribution in [0.25, 0.3) is 12.2 Å². The van der Waals surface area contributed by atoms with Crippen molar-refractivity contribution in [1.29, 1.82) is 0 Å². The van der Waals surface area contributed by atoms with Gasteiger partial charge >= 0.3 is 172 Å². The normalized spacial score (nSPS) is 21.4. The molecular formula is C24H26Cl2Zr. The van der Waals surface area contributed by atoms with Crippen LogP contribution in [-0.2, 0) is 15.9 Å². The molecule has 3 heteroatoms. The van der Waals surface area contributed by atoms with Gasteiger partial charge in [-0.2, -0.15) is 0 Å². The van der Waals surface area contributed by atoms with E-state index in [-0.39, 0.29) is 7.25 Å². The van der Waals surface area contributed by atoms with Crippen LogP contribution in [-0.4, -0.2) is 3.71 Å². The molecule has 2 aliphatic rings. The molecule has 2 unspecified atom stereocenters. The molecule has 0 nitrogen and oxygen atoms in total. The molecule has 0 saturated heterocycles. The molecule has 0 amide bonds. The SMILES string of the molecule is C[CH]=[Zr]([Cl])([Cl])([CH]1C(CC)=Cc2ccccc21)[CH]1C(CC)=Cc2ccccc21. The quantitative estimate of drug-likeness (QED) is 0.421. The van der Waals surface area contributed by atoms with E-state index in [1.165, 1.54) is 33.4 Å². The minimum atomic E-state index is -4.49. The van der Waals surface area contributed by atoms with E-state index in [2.05, 4.69) is 85.2 Å². The second-order valence-electron chi connectivity index (χ2n) is 7.78. The number of rotatable bonds is 4. The van der Waals surface area contributed by atoms with Gasteiger partial charge in [-0.3, -0.25) is 0 Å². The molecule has 0 fully saturated rings. The fourth-order valence-electron chi connectivity index (χ4n) is 5.19. The number of hydrogen-bond acceptors (Lipinski definition) is 0. The van der Waals surface area contributed by atoms with Gasteiger partial charge in [0.1, 0.15) is 0 Å². The van der Waals surface area contributed by atoms with Crippen molar-refractivity contribution in [1.82, 2.24) is 0 Å². The predicted molar refractivity (Wildman–Crippen MR) is 118 cm³/mol. The van der Waals surface area contributed by atoms with Crippen molar-refractivity contribution in [2.75, 3.05) is 0 Å².